The minimum Gasteiger partial charge on any atom is -0.492 e. The van der Waals surface area contributed by atoms with Crippen LogP contribution in [0.25, 0.3) is 0 Å². The molecular formula is C24H29N3O4. The average molecular weight is 424 g/mol. The van der Waals surface area contributed by atoms with Crippen LogP contribution in [0, 0.1) is 0 Å². The van der Waals surface area contributed by atoms with Crippen LogP contribution in [0.15, 0.2) is 36.4 Å². The second-order valence-corrected chi connectivity index (χ2v) is 8.43. The number of carbonyl (C=O) groups is 1. The molecule has 2 aromatic rings. The molecule has 2 aromatic carbocycles. The third kappa shape index (κ3) is 4.48. The van der Waals surface area contributed by atoms with Crippen molar-refractivity contribution in [1.82, 2.24) is 14.7 Å². The van der Waals surface area contributed by atoms with Gasteiger partial charge in [0.15, 0.2) is 11.5 Å². The van der Waals surface area contributed by atoms with E-state index in [1.807, 2.05) is 17.0 Å². The van der Waals surface area contributed by atoms with Gasteiger partial charge in [0.2, 0.25) is 12.7 Å². The number of carbonyl (C=O) groups excluding carboxylic acids is 1. The highest BCUT2D eigenvalue weighted by atomic mass is 16.7. The van der Waals surface area contributed by atoms with Gasteiger partial charge in [0.1, 0.15) is 12.4 Å². The normalized spacial score (nSPS) is 18.9. The molecule has 0 atom stereocenters. The van der Waals surface area contributed by atoms with Gasteiger partial charge in [-0.2, -0.15) is 0 Å². The molecule has 3 heterocycles. The first-order chi connectivity index (χ1) is 15.2. The Hall–Kier alpha value is -2.77. The molecule has 31 heavy (non-hydrogen) atoms. The van der Waals surface area contributed by atoms with E-state index >= 15 is 0 Å². The van der Waals surface area contributed by atoms with Gasteiger partial charge in [-0.25, -0.2) is 0 Å². The lowest BCUT2D eigenvalue weighted by Crippen LogP contribution is -2.47. The largest absolute Gasteiger partial charge is 0.492 e. The lowest BCUT2D eigenvalue weighted by molar-refractivity contribution is -0.130. The van der Waals surface area contributed by atoms with Crippen molar-refractivity contribution in [2.75, 3.05) is 46.1 Å². The van der Waals surface area contributed by atoms with Gasteiger partial charge in [-0.3, -0.25) is 14.6 Å². The van der Waals surface area contributed by atoms with Crippen LogP contribution in [-0.4, -0.2) is 66.7 Å². The maximum absolute atomic E-state index is 11.6. The Bertz CT molecular complexity index is 956. The van der Waals surface area contributed by atoms with E-state index in [9.17, 15) is 4.79 Å². The maximum atomic E-state index is 11.6. The molecule has 1 saturated heterocycles. The van der Waals surface area contributed by atoms with Gasteiger partial charge < -0.3 is 19.1 Å². The smallest absolute Gasteiger partial charge is 0.231 e. The molecule has 0 radical (unpaired) electrons. The molecule has 0 aliphatic carbocycles. The number of para-hydroxylation sites is 1. The second-order valence-electron chi connectivity index (χ2n) is 8.43. The van der Waals surface area contributed by atoms with Crippen LogP contribution >= 0.6 is 0 Å². The van der Waals surface area contributed by atoms with Gasteiger partial charge in [0.25, 0.3) is 0 Å². The van der Waals surface area contributed by atoms with Crippen LogP contribution in [-0.2, 0) is 24.4 Å². The Balaban J connectivity index is 1.26. The first-order valence-corrected chi connectivity index (χ1v) is 11.0. The highest BCUT2D eigenvalue weighted by molar-refractivity contribution is 5.73. The molecule has 7 heteroatoms. The summed E-state index contributed by atoms with van der Waals surface area (Å²) in [5.74, 6) is 2.84. The Morgan fingerprint density at radius 3 is 2.61 bits per heavy atom. The summed E-state index contributed by atoms with van der Waals surface area (Å²) in [6, 6.07) is 12.6. The summed E-state index contributed by atoms with van der Waals surface area (Å²) in [7, 11) is 0. The third-order valence-corrected chi connectivity index (χ3v) is 6.28. The highest BCUT2D eigenvalue weighted by Gasteiger charge is 2.22. The molecule has 0 bridgehead atoms. The van der Waals surface area contributed by atoms with E-state index < -0.39 is 0 Å². The second kappa shape index (κ2) is 8.77. The van der Waals surface area contributed by atoms with Crippen molar-refractivity contribution in [2.45, 2.75) is 26.6 Å². The fourth-order valence-electron chi connectivity index (χ4n) is 4.57. The minimum absolute atomic E-state index is 0.169. The summed E-state index contributed by atoms with van der Waals surface area (Å²) < 4.78 is 17.3. The molecule has 0 N–H and O–H groups in total. The number of piperazine rings is 1. The van der Waals surface area contributed by atoms with Gasteiger partial charge in [-0.05, 0) is 23.8 Å². The van der Waals surface area contributed by atoms with Crippen LogP contribution < -0.4 is 14.2 Å². The van der Waals surface area contributed by atoms with Gasteiger partial charge in [-0.1, -0.05) is 18.2 Å². The number of rotatable bonds is 4. The van der Waals surface area contributed by atoms with Crippen LogP contribution in [0.1, 0.15) is 23.6 Å². The monoisotopic (exact) mass is 423 g/mol. The average Bonchev–Trinajstić information content (AvgIpc) is 3.17. The number of benzene rings is 2. The van der Waals surface area contributed by atoms with Crippen molar-refractivity contribution in [3.8, 4) is 17.2 Å². The Morgan fingerprint density at radius 2 is 1.77 bits per heavy atom. The number of nitrogens with zero attached hydrogens (tertiary/aromatic N) is 3. The quantitative estimate of drug-likeness (QED) is 0.753. The number of hydrogen-bond acceptors (Lipinski definition) is 6. The van der Waals surface area contributed by atoms with E-state index in [2.05, 4.69) is 34.1 Å². The van der Waals surface area contributed by atoms with Gasteiger partial charge in [-0.15, -0.1) is 0 Å². The third-order valence-electron chi connectivity index (χ3n) is 6.28. The van der Waals surface area contributed by atoms with Gasteiger partial charge >= 0.3 is 0 Å². The standard InChI is InChI=1S/C24H29N3O4/c1-18(28)27-9-7-25(8-10-27)14-19-5-6-22-21(13-19)16-26(11-12-29-22)15-20-3-2-4-23-24(20)31-17-30-23/h2-6,13H,7-12,14-17H2,1H3. The van der Waals surface area contributed by atoms with Crippen molar-refractivity contribution >= 4 is 5.91 Å². The molecule has 3 aliphatic rings. The fourth-order valence-corrected chi connectivity index (χ4v) is 4.57. The zero-order valence-corrected chi connectivity index (χ0v) is 18.0. The van der Waals surface area contributed by atoms with Gasteiger partial charge in [0.05, 0.1) is 0 Å². The summed E-state index contributed by atoms with van der Waals surface area (Å²) in [5.41, 5.74) is 3.66. The van der Waals surface area contributed by atoms with Crippen LogP contribution in [0.3, 0.4) is 0 Å². The van der Waals surface area contributed by atoms with E-state index in [1.54, 1.807) is 6.92 Å². The van der Waals surface area contributed by atoms with Crippen LogP contribution in [0.5, 0.6) is 17.2 Å². The van der Waals surface area contributed by atoms with E-state index in [-0.39, 0.29) is 5.91 Å². The van der Waals surface area contributed by atoms with Crippen LogP contribution in [0.2, 0.25) is 0 Å². The van der Waals surface area contributed by atoms with E-state index in [0.717, 1.165) is 75.2 Å². The maximum Gasteiger partial charge on any atom is 0.231 e. The number of amides is 1. The summed E-state index contributed by atoms with van der Waals surface area (Å²) in [6.45, 7) is 9.47. The predicted molar refractivity (Wildman–Crippen MR) is 116 cm³/mol. The molecule has 1 amide bonds. The van der Waals surface area contributed by atoms with Crippen molar-refractivity contribution in [3.63, 3.8) is 0 Å². The van der Waals surface area contributed by atoms with Gasteiger partial charge in [0, 0.05) is 70.4 Å². The molecule has 0 aromatic heterocycles. The van der Waals surface area contributed by atoms with Crippen molar-refractivity contribution in [3.05, 3.63) is 53.1 Å². The van der Waals surface area contributed by atoms with Crippen LogP contribution in [0.4, 0.5) is 0 Å². The lowest BCUT2D eigenvalue weighted by Gasteiger charge is -2.34. The first-order valence-electron chi connectivity index (χ1n) is 11.0. The Labute approximate surface area is 183 Å². The molecule has 5 rings (SSSR count). The lowest BCUT2D eigenvalue weighted by atomic mass is 10.1. The molecule has 3 aliphatic heterocycles. The topological polar surface area (TPSA) is 54.5 Å². The molecule has 164 valence electrons. The first kappa shape index (κ1) is 20.2. The predicted octanol–water partition coefficient (Wildman–Crippen LogP) is 2.47. The molecular weight excluding hydrogens is 394 g/mol. The van der Waals surface area contributed by atoms with Crippen molar-refractivity contribution in [1.29, 1.82) is 0 Å². The summed E-state index contributed by atoms with van der Waals surface area (Å²) in [5, 5.41) is 0. The fraction of sp³-hybridized carbons (Fsp3) is 0.458. The van der Waals surface area contributed by atoms with E-state index in [1.165, 1.54) is 11.1 Å². The molecule has 0 unspecified atom stereocenters. The zero-order valence-electron chi connectivity index (χ0n) is 18.0. The van der Waals surface area contributed by atoms with E-state index in [0.29, 0.717) is 13.4 Å². The number of fused-ring (bicyclic) bond motifs is 2. The number of ether oxygens (including phenoxy) is 3. The summed E-state index contributed by atoms with van der Waals surface area (Å²) in [4.78, 5) is 18.3. The zero-order chi connectivity index (χ0) is 21.2. The summed E-state index contributed by atoms with van der Waals surface area (Å²) in [6.07, 6.45) is 0. The summed E-state index contributed by atoms with van der Waals surface area (Å²) >= 11 is 0. The Kier molecular flexibility index (Phi) is 5.70. The highest BCUT2D eigenvalue weighted by Crippen LogP contribution is 2.36. The van der Waals surface area contributed by atoms with E-state index in [4.69, 9.17) is 14.2 Å². The van der Waals surface area contributed by atoms with Crippen molar-refractivity contribution < 1.29 is 19.0 Å². The molecule has 0 saturated carbocycles. The molecule has 1 fully saturated rings. The van der Waals surface area contributed by atoms with Crippen molar-refractivity contribution in [2.24, 2.45) is 0 Å². The Morgan fingerprint density at radius 1 is 0.903 bits per heavy atom. The molecule has 0 spiro atoms. The number of hydrogen-bond donors (Lipinski definition) is 0. The SMILES string of the molecule is CC(=O)N1CCN(Cc2ccc3c(c2)CN(Cc2cccc4c2OCO4)CCO3)CC1. The molecule has 7 nitrogen and oxygen atoms in total. The minimum atomic E-state index is 0.169.